The third kappa shape index (κ3) is 2.45. The van der Waals surface area contributed by atoms with E-state index in [4.69, 9.17) is 4.98 Å². The van der Waals surface area contributed by atoms with Gasteiger partial charge in [-0.05, 0) is 59.4 Å². The van der Waals surface area contributed by atoms with Crippen LogP contribution in [0, 0.1) is 0 Å². The minimum atomic E-state index is 0.648. The van der Waals surface area contributed by atoms with Gasteiger partial charge in [0.05, 0.1) is 0 Å². The number of rotatable bonds is 3. The number of nitrogens with zero attached hydrogens (tertiary/aromatic N) is 3. The molecule has 19 heavy (non-hydrogen) atoms. The van der Waals surface area contributed by atoms with Crippen LogP contribution in [0.5, 0.6) is 0 Å². The summed E-state index contributed by atoms with van der Waals surface area (Å²) in [6, 6.07) is 2.02. The van der Waals surface area contributed by atoms with E-state index in [0.29, 0.717) is 18.1 Å². The lowest BCUT2D eigenvalue weighted by Crippen LogP contribution is -2.37. The molecule has 2 atom stereocenters. The normalized spacial score (nSPS) is 28.0. The molecular weight excluding hydrogens is 234 g/mol. The van der Waals surface area contributed by atoms with Gasteiger partial charge < -0.3 is 4.57 Å². The van der Waals surface area contributed by atoms with Crippen LogP contribution in [0.15, 0.2) is 6.20 Å². The topological polar surface area (TPSA) is 21.1 Å². The van der Waals surface area contributed by atoms with Crippen LogP contribution in [-0.2, 0) is 12.8 Å². The fourth-order valence-corrected chi connectivity index (χ4v) is 3.99. The highest BCUT2D eigenvalue weighted by atomic mass is 15.2. The Kier molecular flexibility index (Phi) is 3.66. The number of hydrogen-bond acceptors (Lipinski definition) is 2. The van der Waals surface area contributed by atoms with Crippen LogP contribution in [-0.4, -0.2) is 33.1 Å². The summed E-state index contributed by atoms with van der Waals surface area (Å²) < 4.78 is 2.53. The molecule has 0 aromatic carbocycles. The Morgan fingerprint density at radius 1 is 1.32 bits per heavy atom. The van der Waals surface area contributed by atoms with Gasteiger partial charge in [-0.15, -0.1) is 0 Å². The van der Waals surface area contributed by atoms with E-state index in [9.17, 15) is 0 Å². The largest absolute Gasteiger partial charge is 0.329 e. The minimum absolute atomic E-state index is 0.648. The van der Waals surface area contributed by atoms with Gasteiger partial charge in [-0.25, -0.2) is 4.98 Å². The maximum atomic E-state index is 4.74. The first-order valence-corrected chi connectivity index (χ1v) is 7.97. The van der Waals surface area contributed by atoms with E-state index >= 15 is 0 Å². The second-order valence-corrected chi connectivity index (χ2v) is 6.61. The molecule has 1 fully saturated rings. The zero-order valence-corrected chi connectivity index (χ0v) is 12.6. The van der Waals surface area contributed by atoms with E-state index in [1.54, 1.807) is 0 Å². The van der Waals surface area contributed by atoms with Gasteiger partial charge in [0.2, 0.25) is 0 Å². The van der Waals surface area contributed by atoms with Crippen molar-refractivity contribution in [1.82, 2.24) is 14.5 Å². The monoisotopic (exact) mass is 261 g/mol. The van der Waals surface area contributed by atoms with Crippen LogP contribution in [0.4, 0.5) is 0 Å². The Morgan fingerprint density at radius 2 is 2.16 bits per heavy atom. The molecule has 0 bridgehead atoms. The minimum Gasteiger partial charge on any atom is -0.329 e. The first kappa shape index (κ1) is 13.2. The predicted molar refractivity (Wildman–Crippen MR) is 78.4 cm³/mol. The van der Waals surface area contributed by atoms with Gasteiger partial charge in [0, 0.05) is 36.4 Å². The lowest BCUT2D eigenvalue weighted by molar-refractivity contribution is 0.199. The molecule has 0 radical (unpaired) electrons. The van der Waals surface area contributed by atoms with Crippen LogP contribution in [0.3, 0.4) is 0 Å². The van der Waals surface area contributed by atoms with Crippen molar-refractivity contribution in [2.75, 3.05) is 6.54 Å². The molecule has 0 amide bonds. The van der Waals surface area contributed by atoms with Crippen molar-refractivity contribution in [2.45, 2.75) is 77.4 Å². The fourth-order valence-electron chi connectivity index (χ4n) is 3.99. The van der Waals surface area contributed by atoms with Crippen molar-refractivity contribution in [3.8, 4) is 0 Å². The van der Waals surface area contributed by atoms with Crippen molar-refractivity contribution in [3.05, 3.63) is 17.7 Å². The number of hydrogen-bond donors (Lipinski definition) is 0. The summed E-state index contributed by atoms with van der Waals surface area (Å²) in [4.78, 5) is 7.40. The molecule has 2 aliphatic heterocycles. The smallest absolute Gasteiger partial charge is 0.110 e. The summed E-state index contributed by atoms with van der Waals surface area (Å²) >= 11 is 0. The lowest BCUT2D eigenvalue weighted by atomic mass is 10.0. The molecule has 1 saturated heterocycles. The molecule has 1 aromatic rings. The quantitative estimate of drug-likeness (QED) is 0.833. The first-order chi connectivity index (χ1) is 9.16. The van der Waals surface area contributed by atoms with E-state index in [1.165, 1.54) is 50.2 Å². The lowest BCUT2D eigenvalue weighted by Gasteiger charge is -2.30. The summed E-state index contributed by atoms with van der Waals surface area (Å²) in [5.41, 5.74) is 1.46. The predicted octanol–water partition coefficient (Wildman–Crippen LogP) is 3.20. The molecule has 3 heteroatoms. The molecule has 0 saturated carbocycles. The Labute approximate surface area is 117 Å². The number of aryl methyl sites for hydroxylation is 1. The highest BCUT2D eigenvalue weighted by Gasteiger charge is 2.29. The Bertz CT molecular complexity index is 435. The van der Waals surface area contributed by atoms with Gasteiger partial charge in [0.25, 0.3) is 0 Å². The van der Waals surface area contributed by atoms with Gasteiger partial charge in [-0.2, -0.15) is 0 Å². The Balaban J connectivity index is 1.78. The summed E-state index contributed by atoms with van der Waals surface area (Å²) in [5, 5.41) is 0. The van der Waals surface area contributed by atoms with Crippen LogP contribution < -0.4 is 0 Å². The standard InChI is InChI=1S/C16H27N3/c1-12(2)18-9-5-8-14(18)10-16-17-11-15-7-4-6-13(3)19(15)16/h11-14H,4-10H2,1-3H3. The average Bonchev–Trinajstić information content (AvgIpc) is 2.98. The molecule has 106 valence electrons. The second kappa shape index (κ2) is 5.28. The third-order valence-corrected chi connectivity index (χ3v) is 4.95. The van der Waals surface area contributed by atoms with E-state index in [-0.39, 0.29) is 0 Å². The van der Waals surface area contributed by atoms with Gasteiger partial charge in [-0.1, -0.05) is 0 Å². The maximum Gasteiger partial charge on any atom is 0.110 e. The zero-order chi connectivity index (χ0) is 13.4. The average molecular weight is 261 g/mol. The molecule has 2 unspecified atom stereocenters. The molecule has 1 aromatic heterocycles. The third-order valence-electron chi connectivity index (χ3n) is 4.95. The number of imidazole rings is 1. The van der Waals surface area contributed by atoms with Gasteiger partial charge in [-0.3, -0.25) is 4.90 Å². The van der Waals surface area contributed by atoms with Crippen LogP contribution in [0.2, 0.25) is 0 Å². The molecule has 3 rings (SSSR count). The van der Waals surface area contributed by atoms with Crippen molar-refractivity contribution in [1.29, 1.82) is 0 Å². The van der Waals surface area contributed by atoms with E-state index in [0.717, 1.165) is 6.42 Å². The van der Waals surface area contributed by atoms with Crippen molar-refractivity contribution >= 4 is 0 Å². The zero-order valence-electron chi connectivity index (χ0n) is 12.6. The van der Waals surface area contributed by atoms with Crippen LogP contribution >= 0.6 is 0 Å². The summed E-state index contributed by atoms with van der Waals surface area (Å²) in [6.45, 7) is 8.26. The second-order valence-electron chi connectivity index (χ2n) is 6.61. The molecule has 2 aliphatic rings. The van der Waals surface area contributed by atoms with Crippen LogP contribution in [0.1, 0.15) is 64.0 Å². The highest BCUT2D eigenvalue weighted by Crippen LogP contribution is 2.29. The maximum absolute atomic E-state index is 4.74. The van der Waals surface area contributed by atoms with E-state index < -0.39 is 0 Å². The van der Waals surface area contributed by atoms with E-state index in [1.807, 2.05) is 0 Å². The Morgan fingerprint density at radius 3 is 2.95 bits per heavy atom. The van der Waals surface area contributed by atoms with Crippen LogP contribution in [0.25, 0.3) is 0 Å². The Hall–Kier alpha value is -0.830. The first-order valence-electron chi connectivity index (χ1n) is 7.97. The van der Waals surface area contributed by atoms with Gasteiger partial charge in [0.15, 0.2) is 0 Å². The molecule has 0 N–H and O–H groups in total. The van der Waals surface area contributed by atoms with Gasteiger partial charge >= 0.3 is 0 Å². The van der Waals surface area contributed by atoms with Gasteiger partial charge in [0.1, 0.15) is 5.82 Å². The fraction of sp³-hybridized carbons (Fsp3) is 0.812. The molecule has 0 aliphatic carbocycles. The number of aromatic nitrogens is 2. The summed E-state index contributed by atoms with van der Waals surface area (Å²) in [6.07, 6.45) is 9.82. The number of fused-ring (bicyclic) bond motifs is 1. The molecule has 0 spiro atoms. The molecule has 3 heterocycles. The highest BCUT2D eigenvalue weighted by molar-refractivity contribution is 5.11. The SMILES string of the molecule is CC(C)N1CCCC1Cc1ncc2n1C(C)CCC2. The molecular formula is C16H27N3. The van der Waals surface area contributed by atoms with Crippen molar-refractivity contribution in [2.24, 2.45) is 0 Å². The van der Waals surface area contributed by atoms with Crippen molar-refractivity contribution < 1.29 is 0 Å². The molecule has 3 nitrogen and oxygen atoms in total. The summed E-state index contributed by atoms with van der Waals surface area (Å²) in [7, 11) is 0. The summed E-state index contributed by atoms with van der Waals surface area (Å²) in [5.74, 6) is 1.33. The van der Waals surface area contributed by atoms with E-state index in [2.05, 4.69) is 36.4 Å². The van der Waals surface area contributed by atoms with Crippen molar-refractivity contribution in [3.63, 3.8) is 0 Å². The number of likely N-dealkylation sites (tertiary alicyclic amines) is 1.